The second-order valence-electron chi connectivity index (χ2n) is 4.92. The molecular weight excluding hydrogens is 376 g/mol. The number of nitrogens with zero attached hydrogens (tertiary/aromatic N) is 4. The van der Waals surface area contributed by atoms with Crippen molar-refractivity contribution in [1.29, 1.82) is 0 Å². The first-order valence-corrected chi connectivity index (χ1v) is 7.69. The minimum absolute atomic E-state index is 0.0173. The van der Waals surface area contributed by atoms with E-state index in [-0.39, 0.29) is 5.69 Å². The average Bonchev–Trinajstić information content (AvgIpc) is 2.54. The average molecular weight is 387 g/mol. The molecule has 0 amide bonds. The van der Waals surface area contributed by atoms with Gasteiger partial charge in [0.2, 0.25) is 5.88 Å². The molecule has 0 aliphatic carbocycles. The van der Waals surface area contributed by atoms with E-state index >= 15 is 0 Å². The molecular formula is C16H11BrN4O3. The van der Waals surface area contributed by atoms with E-state index in [0.717, 1.165) is 4.47 Å². The van der Waals surface area contributed by atoms with Gasteiger partial charge in [-0.1, -0.05) is 12.1 Å². The van der Waals surface area contributed by atoms with Crippen LogP contribution in [0.4, 0.5) is 5.69 Å². The van der Waals surface area contributed by atoms with Crippen molar-refractivity contribution in [3.05, 3.63) is 69.1 Å². The van der Waals surface area contributed by atoms with Crippen LogP contribution < -0.4 is 4.74 Å². The van der Waals surface area contributed by atoms with Crippen molar-refractivity contribution in [2.24, 2.45) is 0 Å². The molecule has 120 valence electrons. The lowest BCUT2D eigenvalue weighted by Crippen LogP contribution is -1.97. The Morgan fingerprint density at radius 3 is 2.75 bits per heavy atom. The third-order valence-electron chi connectivity index (χ3n) is 3.05. The second kappa shape index (κ2) is 6.71. The van der Waals surface area contributed by atoms with Crippen LogP contribution in [0.2, 0.25) is 0 Å². The van der Waals surface area contributed by atoms with Gasteiger partial charge in [0.1, 0.15) is 5.75 Å². The maximum Gasteiger partial charge on any atom is 0.270 e. The summed E-state index contributed by atoms with van der Waals surface area (Å²) in [5.41, 5.74) is 1.21. The van der Waals surface area contributed by atoms with Crippen LogP contribution >= 0.6 is 15.9 Å². The predicted octanol–water partition coefficient (Wildman–Crippen LogP) is 4.31. The van der Waals surface area contributed by atoms with Gasteiger partial charge in [-0.3, -0.25) is 15.1 Å². The summed E-state index contributed by atoms with van der Waals surface area (Å²) in [6.07, 6.45) is 3.21. The number of hydrogen-bond donors (Lipinski definition) is 0. The van der Waals surface area contributed by atoms with Crippen LogP contribution in [0.25, 0.3) is 11.4 Å². The maximum absolute atomic E-state index is 10.9. The molecule has 2 aromatic heterocycles. The van der Waals surface area contributed by atoms with Crippen LogP contribution in [0.15, 0.2) is 53.3 Å². The summed E-state index contributed by atoms with van der Waals surface area (Å²) in [5.74, 6) is 1.22. The Morgan fingerprint density at radius 1 is 1.17 bits per heavy atom. The van der Waals surface area contributed by atoms with E-state index in [1.54, 1.807) is 43.6 Å². The van der Waals surface area contributed by atoms with E-state index in [1.165, 1.54) is 12.1 Å². The van der Waals surface area contributed by atoms with Gasteiger partial charge < -0.3 is 4.74 Å². The summed E-state index contributed by atoms with van der Waals surface area (Å²) in [4.78, 5) is 23.1. The lowest BCUT2D eigenvalue weighted by Gasteiger charge is -2.08. The summed E-state index contributed by atoms with van der Waals surface area (Å²) in [6, 6.07) is 9.60. The Hall–Kier alpha value is -2.87. The van der Waals surface area contributed by atoms with Crippen LogP contribution in [0.1, 0.15) is 5.69 Å². The van der Waals surface area contributed by atoms with Gasteiger partial charge in [0.05, 0.1) is 11.1 Å². The first-order valence-electron chi connectivity index (χ1n) is 6.90. The lowest BCUT2D eigenvalue weighted by molar-refractivity contribution is -0.384. The highest BCUT2D eigenvalue weighted by molar-refractivity contribution is 9.10. The Labute approximate surface area is 145 Å². The van der Waals surface area contributed by atoms with Crippen LogP contribution in [-0.4, -0.2) is 19.9 Å². The van der Waals surface area contributed by atoms with Crippen molar-refractivity contribution in [1.82, 2.24) is 15.0 Å². The fraction of sp³-hybridized carbons (Fsp3) is 0.0625. The van der Waals surface area contributed by atoms with E-state index in [9.17, 15) is 10.1 Å². The summed E-state index contributed by atoms with van der Waals surface area (Å²) >= 11 is 3.32. The Bertz CT molecular complexity index is 917. The van der Waals surface area contributed by atoms with E-state index < -0.39 is 4.92 Å². The highest BCUT2D eigenvalue weighted by atomic mass is 79.9. The summed E-state index contributed by atoms with van der Waals surface area (Å²) < 4.78 is 6.48. The Kier molecular flexibility index (Phi) is 4.48. The van der Waals surface area contributed by atoms with Crippen LogP contribution in [0, 0.1) is 17.0 Å². The van der Waals surface area contributed by atoms with Crippen LogP contribution in [0.3, 0.4) is 0 Å². The molecule has 0 fully saturated rings. The molecule has 0 saturated carbocycles. The number of benzene rings is 1. The summed E-state index contributed by atoms with van der Waals surface area (Å²) in [7, 11) is 0. The normalized spacial score (nSPS) is 10.4. The van der Waals surface area contributed by atoms with Gasteiger partial charge in [-0.15, -0.1) is 0 Å². The third kappa shape index (κ3) is 3.72. The van der Waals surface area contributed by atoms with Gasteiger partial charge >= 0.3 is 0 Å². The molecule has 24 heavy (non-hydrogen) atoms. The number of nitro benzene ring substituents is 1. The van der Waals surface area contributed by atoms with Crippen molar-refractivity contribution >= 4 is 21.6 Å². The number of aryl methyl sites for hydroxylation is 1. The van der Waals surface area contributed by atoms with Crippen molar-refractivity contribution < 1.29 is 9.66 Å². The van der Waals surface area contributed by atoms with Crippen molar-refractivity contribution in [3.63, 3.8) is 0 Å². The number of pyridine rings is 1. The second-order valence-corrected chi connectivity index (χ2v) is 5.84. The van der Waals surface area contributed by atoms with E-state index in [2.05, 4.69) is 30.9 Å². The molecule has 0 bridgehead atoms. The van der Waals surface area contributed by atoms with Gasteiger partial charge in [-0.25, -0.2) is 4.98 Å². The summed E-state index contributed by atoms with van der Waals surface area (Å²) in [5, 5.41) is 10.9. The van der Waals surface area contributed by atoms with Crippen molar-refractivity contribution in [2.75, 3.05) is 0 Å². The fourth-order valence-electron chi connectivity index (χ4n) is 2.05. The Balaban J connectivity index is 1.97. The van der Waals surface area contributed by atoms with Gasteiger partial charge in [0.25, 0.3) is 5.69 Å². The summed E-state index contributed by atoms with van der Waals surface area (Å²) in [6.45, 7) is 1.80. The standard InChI is InChI=1S/C16H11BrN4O3/c1-10-5-15(24-14-7-12(17)8-18-9-14)20-16(19-10)11-3-2-4-13(6-11)21(22)23/h2-9H,1H3. The highest BCUT2D eigenvalue weighted by Gasteiger charge is 2.11. The van der Waals surface area contributed by atoms with Crippen molar-refractivity contribution in [3.8, 4) is 23.0 Å². The number of ether oxygens (including phenoxy) is 1. The molecule has 0 N–H and O–H groups in total. The van der Waals surface area contributed by atoms with Crippen LogP contribution in [-0.2, 0) is 0 Å². The monoisotopic (exact) mass is 386 g/mol. The minimum atomic E-state index is -0.454. The molecule has 0 aliphatic rings. The fourth-order valence-corrected chi connectivity index (χ4v) is 2.39. The molecule has 3 rings (SSSR count). The molecule has 7 nitrogen and oxygen atoms in total. The molecule has 0 spiro atoms. The SMILES string of the molecule is Cc1cc(Oc2cncc(Br)c2)nc(-c2cccc([N+](=O)[O-])c2)n1. The number of aromatic nitrogens is 3. The maximum atomic E-state index is 10.9. The predicted molar refractivity (Wildman–Crippen MR) is 90.9 cm³/mol. The largest absolute Gasteiger partial charge is 0.437 e. The number of nitro groups is 1. The van der Waals surface area contributed by atoms with E-state index in [4.69, 9.17) is 4.74 Å². The minimum Gasteiger partial charge on any atom is -0.437 e. The molecule has 0 unspecified atom stereocenters. The third-order valence-corrected chi connectivity index (χ3v) is 3.48. The topological polar surface area (TPSA) is 91.0 Å². The van der Waals surface area contributed by atoms with Gasteiger partial charge in [-0.2, -0.15) is 4.98 Å². The molecule has 0 radical (unpaired) electrons. The van der Waals surface area contributed by atoms with Gasteiger partial charge in [-0.05, 0) is 28.9 Å². The molecule has 0 atom stereocenters. The first-order chi connectivity index (χ1) is 11.5. The number of hydrogen-bond acceptors (Lipinski definition) is 6. The molecule has 3 aromatic rings. The number of rotatable bonds is 4. The molecule has 1 aromatic carbocycles. The highest BCUT2D eigenvalue weighted by Crippen LogP contribution is 2.26. The Morgan fingerprint density at radius 2 is 2.00 bits per heavy atom. The number of non-ortho nitro benzene ring substituents is 1. The van der Waals surface area contributed by atoms with Gasteiger partial charge in [0.15, 0.2) is 5.82 Å². The zero-order chi connectivity index (χ0) is 17.1. The number of halogens is 1. The van der Waals surface area contributed by atoms with Gasteiger partial charge in [0, 0.05) is 40.1 Å². The first kappa shape index (κ1) is 16.0. The molecule has 0 saturated heterocycles. The zero-order valence-electron chi connectivity index (χ0n) is 12.5. The zero-order valence-corrected chi connectivity index (χ0v) is 14.1. The molecule has 2 heterocycles. The van der Waals surface area contributed by atoms with Crippen molar-refractivity contribution in [2.45, 2.75) is 6.92 Å². The smallest absolute Gasteiger partial charge is 0.270 e. The van der Waals surface area contributed by atoms with E-state index in [1.807, 2.05) is 0 Å². The van der Waals surface area contributed by atoms with Crippen LogP contribution in [0.5, 0.6) is 11.6 Å². The molecule has 0 aliphatic heterocycles. The quantitative estimate of drug-likeness (QED) is 0.489. The lowest BCUT2D eigenvalue weighted by atomic mass is 10.2. The molecule has 8 heteroatoms. The van der Waals surface area contributed by atoms with E-state index in [0.29, 0.717) is 28.7 Å².